The molecular formula is C26H34F3N3O2. The number of rotatable bonds is 5. The Morgan fingerprint density at radius 1 is 1.15 bits per heavy atom. The van der Waals surface area contributed by atoms with Crippen LogP contribution in [0.3, 0.4) is 0 Å². The Kier molecular flexibility index (Phi) is 7.04. The fraction of sp³-hybridized carbons (Fsp3) is 0.538. The lowest BCUT2D eigenvalue weighted by Gasteiger charge is -2.27. The number of hydrogen-bond acceptors (Lipinski definition) is 2. The van der Waals surface area contributed by atoms with Crippen molar-refractivity contribution in [3.05, 3.63) is 58.2 Å². The maximum atomic E-state index is 13.4. The average Bonchev–Trinajstić information content (AvgIpc) is 2.97. The van der Waals surface area contributed by atoms with Gasteiger partial charge in [0.2, 0.25) is 0 Å². The molecule has 1 aliphatic rings. The van der Waals surface area contributed by atoms with Gasteiger partial charge in [0.1, 0.15) is 0 Å². The fourth-order valence-corrected chi connectivity index (χ4v) is 4.02. The van der Waals surface area contributed by atoms with Gasteiger partial charge in [-0.05, 0) is 50.3 Å². The molecule has 1 amide bonds. The highest BCUT2D eigenvalue weighted by atomic mass is 19.4. The van der Waals surface area contributed by atoms with Crippen LogP contribution in [0.5, 0.6) is 0 Å². The van der Waals surface area contributed by atoms with Gasteiger partial charge in [-0.25, -0.2) is 0 Å². The van der Waals surface area contributed by atoms with Crippen LogP contribution in [0.2, 0.25) is 0 Å². The summed E-state index contributed by atoms with van der Waals surface area (Å²) in [5.41, 5.74) is -0.800. The summed E-state index contributed by atoms with van der Waals surface area (Å²) in [4.78, 5) is 17.6. The van der Waals surface area contributed by atoms with E-state index >= 15 is 0 Å². The van der Waals surface area contributed by atoms with Crippen molar-refractivity contribution in [2.75, 3.05) is 0 Å². The molecule has 8 heteroatoms. The number of carbonyl (C=O) groups excluding carboxylic acids is 1. The van der Waals surface area contributed by atoms with Crippen LogP contribution in [0.15, 0.2) is 35.3 Å². The topological polar surface area (TPSA) is 59.5 Å². The fourth-order valence-electron chi connectivity index (χ4n) is 4.02. The van der Waals surface area contributed by atoms with E-state index in [1.54, 1.807) is 13.8 Å². The molecular weight excluding hydrogens is 443 g/mol. The lowest BCUT2D eigenvalue weighted by molar-refractivity contribution is -0.137. The van der Waals surface area contributed by atoms with Crippen LogP contribution in [0.4, 0.5) is 13.2 Å². The van der Waals surface area contributed by atoms with Crippen LogP contribution >= 0.6 is 0 Å². The number of aliphatic hydroxyl groups is 1. The number of alkyl halides is 3. The first kappa shape index (κ1) is 26.0. The Labute approximate surface area is 198 Å². The first-order valence-corrected chi connectivity index (χ1v) is 11.6. The molecule has 1 aromatic carbocycles. The number of aromatic nitrogens is 2. The third-order valence-electron chi connectivity index (χ3n) is 6.16. The highest BCUT2D eigenvalue weighted by molar-refractivity contribution is 5.98. The van der Waals surface area contributed by atoms with Gasteiger partial charge in [-0.15, -0.1) is 0 Å². The van der Waals surface area contributed by atoms with Crippen LogP contribution in [-0.4, -0.2) is 26.0 Å². The van der Waals surface area contributed by atoms with Crippen molar-refractivity contribution in [1.82, 2.24) is 9.36 Å². The smallest absolute Gasteiger partial charge is 0.386 e. The third kappa shape index (κ3) is 6.09. The molecule has 1 aromatic heterocycles. The molecule has 5 nitrogen and oxygen atoms in total. The summed E-state index contributed by atoms with van der Waals surface area (Å²) in [7, 11) is 1.92. The maximum absolute atomic E-state index is 13.4. The molecule has 1 saturated carbocycles. The van der Waals surface area contributed by atoms with E-state index in [1.165, 1.54) is 24.6 Å². The molecule has 1 fully saturated rings. The molecule has 3 rings (SSSR count). The molecule has 186 valence electrons. The van der Waals surface area contributed by atoms with Crippen LogP contribution in [-0.2, 0) is 25.2 Å². The van der Waals surface area contributed by atoms with E-state index in [4.69, 9.17) is 0 Å². The largest absolute Gasteiger partial charge is 0.416 e. The maximum Gasteiger partial charge on any atom is 0.416 e. The molecule has 0 radical (unpaired) electrons. The first-order chi connectivity index (χ1) is 15.6. The summed E-state index contributed by atoms with van der Waals surface area (Å²) in [6.45, 7) is 9.98. The summed E-state index contributed by atoms with van der Waals surface area (Å²) in [6, 6.07) is 4.84. The zero-order valence-electron chi connectivity index (χ0n) is 20.7. The summed E-state index contributed by atoms with van der Waals surface area (Å²) >= 11 is 0. The average molecular weight is 478 g/mol. The minimum atomic E-state index is -4.59. The Balaban J connectivity index is 2.15. The van der Waals surface area contributed by atoms with Crippen LogP contribution in [0.1, 0.15) is 81.1 Å². The van der Waals surface area contributed by atoms with E-state index in [2.05, 4.69) is 25.8 Å². The molecule has 0 bridgehead atoms. The highest BCUT2D eigenvalue weighted by Gasteiger charge is 2.32. The molecule has 1 aliphatic carbocycles. The van der Waals surface area contributed by atoms with Crippen molar-refractivity contribution in [2.24, 2.45) is 18.0 Å². The number of amides is 1. The second-order valence-electron chi connectivity index (χ2n) is 10.7. The minimum Gasteiger partial charge on any atom is -0.386 e. The van der Waals surface area contributed by atoms with E-state index in [0.717, 1.165) is 30.7 Å². The molecule has 1 heterocycles. The normalized spacial score (nSPS) is 16.4. The predicted octanol–water partition coefficient (Wildman–Crippen LogP) is 5.47. The van der Waals surface area contributed by atoms with Gasteiger partial charge in [0.25, 0.3) is 5.91 Å². The second kappa shape index (κ2) is 9.21. The quantitative estimate of drug-likeness (QED) is 0.621. The number of nitrogens with zero attached hydrogens (tertiary/aromatic N) is 3. The molecule has 34 heavy (non-hydrogen) atoms. The van der Waals surface area contributed by atoms with Gasteiger partial charge in [0.05, 0.1) is 11.2 Å². The van der Waals surface area contributed by atoms with Crippen molar-refractivity contribution >= 4 is 12.0 Å². The number of halogens is 3. The predicted molar refractivity (Wildman–Crippen MR) is 126 cm³/mol. The SMILES string of the molecule is Cn1c(C(C)(C)C)cc(=NC(=O)c2cc(C(F)(F)F)ccc2C=CC(C)(C)O)n1CC1CCC1. The van der Waals surface area contributed by atoms with Crippen molar-refractivity contribution in [3.8, 4) is 0 Å². The molecule has 0 aliphatic heterocycles. The van der Waals surface area contributed by atoms with Gasteiger partial charge in [-0.3, -0.25) is 14.2 Å². The van der Waals surface area contributed by atoms with E-state index in [0.29, 0.717) is 18.0 Å². The van der Waals surface area contributed by atoms with Crippen LogP contribution in [0.25, 0.3) is 6.08 Å². The first-order valence-electron chi connectivity index (χ1n) is 11.6. The summed E-state index contributed by atoms with van der Waals surface area (Å²) in [6.07, 6.45) is 1.68. The van der Waals surface area contributed by atoms with Gasteiger partial charge < -0.3 is 5.11 Å². The Hall–Kier alpha value is -2.61. The Bertz CT molecular complexity index is 1150. The number of benzene rings is 1. The second-order valence-corrected chi connectivity index (χ2v) is 10.7. The molecule has 0 spiro atoms. The molecule has 2 aromatic rings. The van der Waals surface area contributed by atoms with E-state index in [-0.39, 0.29) is 16.5 Å². The molecule has 0 unspecified atom stereocenters. The third-order valence-corrected chi connectivity index (χ3v) is 6.16. The van der Waals surface area contributed by atoms with Crippen molar-refractivity contribution in [2.45, 2.75) is 77.6 Å². The van der Waals surface area contributed by atoms with E-state index in [1.807, 2.05) is 22.5 Å². The van der Waals surface area contributed by atoms with Gasteiger partial charge >= 0.3 is 6.18 Å². The van der Waals surface area contributed by atoms with Gasteiger partial charge in [0, 0.05) is 36.3 Å². The van der Waals surface area contributed by atoms with E-state index in [9.17, 15) is 23.1 Å². The zero-order chi connectivity index (χ0) is 25.5. The highest BCUT2D eigenvalue weighted by Crippen LogP contribution is 2.32. The van der Waals surface area contributed by atoms with Gasteiger partial charge in [0.15, 0.2) is 5.49 Å². The minimum absolute atomic E-state index is 0.160. The zero-order valence-corrected chi connectivity index (χ0v) is 20.7. The molecule has 1 N–H and O–H groups in total. The standard InChI is InChI=1S/C26H34F3N3O2/c1-24(2,3)21-15-22(32(31(21)6)16-17-8-7-9-17)30-23(33)20-14-19(26(27,28)29)11-10-18(20)12-13-25(4,5)34/h10-15,17,34H,7-9,16H2,1-6H3. The monoisotopic (exact) mass is 477 g/mol. The Morgan fingerprint density at radius 3 is 2.29 bits per heavy atom. The van der Waals surface area contributed by atoms with Crippen LogP contribution < -0.4 is 5.49 Å². The molecule has 0 atom stereocenters. The Morgan fingerprint density at radius 2 is 1.79 bits per heavy atom. The van der Waals surface area contributed by atoms with Gasteiger partial charge in [-0.1, -0.05) is 45.4 Å². The number of hydrogen-bond donors (Lipinski definition) is 1. The van der Waals surface area contributed by atoms with Crippen molar-refractivity contribution in [3.63, 3.8) is 0 Å². The summed E-state index contributed by atoms with van der Waals surface area (Å²) < 4.78 is 44.1. The lowest BCUT2D eigenvalue weighted by atomic mass is 9.85. The van der Waals surface area contributed by atoms with E-state index < -0.39 is 23.2 Å². The lowest BCUT2D eigenvalue weighted by Crippen LogP contribution is -2.30. The van der Waals surface area contributed by atoms with Gasteiger partial charge in [-0.2, -0.15) is 18.2 Å². The van der Waals surface area contributed by atoms with Crippen LogP contribution in [0, 0.1) is 5.92 Å². The molecule has 0 saturated heterocycles. The van der Waals surface area contributed by atoms with Crippen molar-refractivity contribution < 1.29 is 23.1 Å². The number of carbonyl (C=O) groups is 1. The van der Waals surface area contributed by atoms with Crippen molar-refractivity contribution in [1.29, 1.82) is 0 Å². The summed E-state index contributed by atoms with van der Waals surface area (Å²) in [5, 5.41) is 10.0. The summed E-state index contributed by atoms with van der Waals surface area (Å²) in [5.74, 6) is -0.260.